The van der Waals surface area contributed by atoms with Gasteiger partial charge in [-0.2, -0.15) is 0 Å². The summed E-state index contributed by atoms with van der Waals surface area (Å²) in [5.41, 5.74) is 2.96. The first-order valence-electron chi connectivity index (χ1n) is 8.46. The highest BCUT2D eigenvalue weighted by molar-refractivity contribution is 5.94. The Morgan fingerprint density at radius 3 is 2.62 bits per heavy atom. The van der Waals surface area contributed by atoms with Crippen LogP contribution in [0.4, 0.5) is 5.82 Å². The highest BCUT2D eigenvalue weighted by atomic mass is 16.1. The summed E-state index contributed by atoms with van der Waals surface area (Å²) < 4.78 is 1.88. The van der Waals surface area contributed by atoms with Crippen LogP contribution in [0.15, 0.2) is 43.0 Å². The van der Waals surface area contributed by atoms with Crippen molar-refractivity contribution in [2.24, 2.45) is 0 Å². The maximum atomic E-state index is 12.2. The standard InChI is InChI=1S/C19H22N6O/c1-13-4-5-16(10-14(13)2)19(26)22-7-6-21-17-11-18(24-12-23-17)25-9-8-20-15(25)3/h4-5,8-12H,6-7H2,1-3H3,(H,22,26)(H,21,23,24). The lowest BCUT2D eigenvalue weighted by atomic mass is 10.1. The van der Waals surface area contributed by atoms with Crippen LogP contribution < -0.4 is 10.6 Å². The zero-order valence-electron chi connectivity index (χ0n) is 15.2. The number of nitrogens with zero attached hydrogens (tertiary/aromatic N) is 4. The van der Waals surface area contributed by atoms with E-state index in [-0.39, 0.29) is 5.91 Å². The van der Waals surface area contributed by atoms with Crippen LogP contribution in [0.2, 0.25) is 0 Å². The number of amides is 1. The van der Waals surface area contributed by atoms with Gasteiger partial charge in [-0.25, -0.2) is 15.0 Å². The third-order valence-electron chi connectivity index (χ3n) is 4.21. The first kappa shape index (κ1) is 17.6. The topological polar surface area (TPSA) is 84.7 Å². The molecule has 0 aliphatic carbocycles. The molecule has 0 radical (unpaired) electrons. The first-order valence-corrected chi connectivity index (χ1v) is 8.46. The van der Waals surface area contributed by atoms with Gasteiger partial charge in [0.05, 0.1) is 0 Å². The van der Waals surface area contributed by atoms with Gasteiger partial charge >= 0.3 is 0 Å². The summed E-state index contributed by atoms with van der Waals surface area (Å²) in [6, 6.07) is 7.56. The number of benzene rings is 1. The molecule has 3 aromatic rings. The van der Waals surface area contributed by atoms with Crippen LogP contribution in [0.3, 0.4) is 0 Å². The van der Waals surface area contributed by atoms with Gasteiger partial charge in [-0.15, -0.1) is 0 Å². The van der Waals surface area contributed by atoms with E-state index in [0.29, 0.717) is 24.5 Å². The average Bonchev–Trinajstić information content (AvgIpc) is 3.07. The molecule has 2 N–H and O–H groups in total. The van der Waals surface area contributed by atoms with Crippen molar-refractivity contribution in [3.8, 4) is 5.82 Å². The second-order valence-corrected chi connectivity index (χ2v) is 6.09. The second kappa shape index (κ2) is 7.77. The fraction of sp³-hybridized carbons (Fsp3) is 0.263. The number of carbonyl (C=O) groups is 1. The summed E-state index contributed by atoms with van der Waals surface area (Å²) >= 11 is 0. The highest BCUT2D eigenvalue weighted by Gasteiger charge is 2.07. The SMILES string of the molecule is Cc1ccc(C(=O)NCCNc2cc(-n3ccnc3C)ncn2)cc1C. The van der Waals surface area contributed by atoms with E-state index in [1.807, 2.05) is 55.8 Å². The number of hydrogen-bond donors (Lipinski definition) is 2. The molecule has 26 heavy (non-hydrogen) atoms. The Bertz CT molecular complexity index is 918. The molecule has 0 unspecified atom stereocenters. The fourth-order valence-corrected chi connectivity index (χ4v) is 2.55. The van der Waals surface area contributed by atoms with E-state index in [0.717, 1.165) is 17.2 Å². The van der Waals surface area contributed by atoms with E-state index in [2.05, 4.69) is 25.6 Å². The molecule has 0 saturated heterocycles. The van der Waals surface area contributed by atoms with Crippen LogP contribution in [0.1, 0.15) is 27.3 Å². The number of hydrogen-bond acceptors (Lipinski definition) is 5. The van der Waals surface area contributed by atoms with Crippen molar-refractivity contribution in [3.63, 3.8) is 0 Å². The molecule has 0 atom stereocenters. The molecule has 2 aromatic heterocycles. The minimum absolute atomic E-state index is 0.0766. The number of imidazole rings is 1. The van der Waals surface area contributed by atoms with Crippen LogP contribution in [0.25, 0.3) is 5.82 Å². The van der Waals surface area contributed by atoms with E-state index in [1.165, 1.54) is 11.9 Å². The monoisotopic (exact) mass is 350 g/mol. The molecule has 0 spiro atoms. The quantitative estimate of drug-likeness (QED) is 0.667. The van der Waals surface area contributed by atoms with E-state index < -0.39 is 0 Å². The smallest absolute Gasteiger partial charge is 0.251 e. The van der Waals surface area contributed by atoms with Gasteiger partial charge < -0.3 is 10.6 Å². The molecule has 134 valence electrons. The maximum Gasteiger partial charge on any atom is 0.251 e. The Labute approximate surface area is 152 Å². The minimum Gasteiger partial charge on any atom is -0.368 e. The van der Waals surface area contributed by atoms with Crippen molar-refractivity contribution in [1.29, 1.82) is 0 Å². The Hall–Kier alpha value is -3.22. The predicted octanol–water partition coefficient (Wildman–Crippen LogP) is 2.43. The van der Waals surface area contributed by atoms with Crippen molar-refractivity contribution < 1.29 is 4.79 Å². The molecule has 7 nitrogen and oxygen atoms in total. The maximum absolute atomic E-state index is 12.2. The number of aromatic nitrogens is 4. The van der Waals surface area contributed by atoms with Crippen molar-refractivity contribution in [2.75, 3.05) is 18.4 Å². The van der Waals surface area contributed by atoms with Crippen molar-refractivity contribution >= 4 is 11.7 Å². The van der Waals surface area contributed by atoms with Crippen LogP contribution in [-0.4, -0.2) is 38.5 Å². The van der Waals surface area contributed by atoms with Gasteiger partial charge in [0, 0.05) is 37.1 Å². The Morgan fingerprint density at radius 2 is 1.88 bits per heavy atom. The first-order chi connectivity index (χ1) is 12.5. The zero-order chi connectivity index (χ0) is 18.5. The molecule has 1 amide bonds. The Morgan fingerprint density at radius 1 is 1.04 bits per heavy atom. The van der Waals surface area contributed by atoms with E-state index in [4.69, 9.17) is 0 Å². The molecule has 0 fully saturated rings. The average molecular weight is 350 g/mol. The van der Waals surface area contributed by atoms with Crippen molar-refractivity contribution in [2.45, 2.75) is 20.8 Å². The number of carbonyl (C=O) groups excluding carboxylic acids is 1. The zero-order valence-corrected chi connectivity index (χ0v) is 15.2. The van der Waals surface area contributed by atoms with E-state index in [1.54, 1.807) is 6.20 Å². The third kappa shape index (κ3) is 4.05. The normalized spacial score (nSPS) is 10.6. The third-order valence-corrected chi connectivity index (χ3v) is 4.21. The molecule has 0 aliphatic heterocycles. The van der Waals surface area contributed by atoms with Gasteiger partial charge in [-0.1, -0.05) is 6.07 Å². The van der Waals surface area contributed by atoms with Crippen LogP contribution in [0.5, 0.6) is 0 Å². The molecule has 1 aromatic carbocycles. The second-order valence-electron chi connectivity index (χ2n) is 6.09. The highest BCUT2D eigenvalue weighted by Crippen LogP contribution is 2.11. The van der Waals surface area contributed by atoms with Crippen LogP contribution in [0, 0.1) is 20.8 Å². The van der Waals surface area contributed by atoms with Gasteiger partial charge in [-0.05, 0) is 44.0 Å². The van der Waals surface area contributed by atoms with Gasteiger partial charge in [0.15, 0.2) is 0 Å². The minimum atomic E-state index is -0.0766. The summed E-state index contributed by atoms with van der Waals surface area (Å²) in [7, 11) is 0. The molecule has 0 saturated carbocycles. The lowest BCUT2D eigenvalue weighted by molar-refractivity contribution is 0.0955. The molecule has 0 bridgehead atoms. The van der Waals surface area contributed by atoms with E-state index in [9.17, 15) is 4.79 Å². The summed E-state index contributed by atoms with van der Waals surface area (Å²) in [5, 5.41) is 6.10. The Kier molecular flexibility index (Phi) is 5.26. The molecule has 7 heteroatoms. The van der Waals surface area contributed by atoms with Crippen molar-refractivity contribution in [3.05, 3.63) is 65.5 Å². The van der Waals surface area contributed by atoms with Crippen molar-refractivity contribution in [1.82, 2.24) is 24.8 Å². The summed E-state index contributed by atoms with van der Waals surface area (Å²) in [6.45, 7) is 7.01. The lowest BCUT2D eigenvalue weighted by Crippen LogP contribution is -2.29. The lowest BCUT2D eigenvalue weighted by Gasteiger charge is -2.10. The fourth-order valence-electron chi connectivity index (χ4n) is 2.55. The summed E-state index contributed by atoms with van der Waals surface area (Å²) in [4.78, 5) is 24.8. The number of aryl methyl sites for hydroxylation is 3. The summed E-state index contributed by atoms with van der Waals surface area (Å²) in [5.74, 6) is 2.22. The van der Waals surface area contributed by atoms with Gasteiger partial charge in [0.1, 0.15) is 23.8 Å². The van der Waals surface area contributed by atoms with Crippen LogP contribution >= 0.6 is 0 Å². The molecular weight excluding hydrogens is 328 g/mol. The predicted molar refractivity (Wildman–Crippen MR) is 101 cm³/mol. The van der Waals surface area contributed by atoms with Crippen LogP contribution in [-0.2, 0) is 0 Å². The Balaban J connectivity index is 1.53. The number of nitrogens with one attached hydrogen (secondary N) is 2. The molecular formula is C19H22N6O. The molecule has 2 heterocycles. The molecule has 0 aliphatic rings. The number of rotatable bonds is 6. The summed E-state index contributed by atoms with van der Waals surface area (Å²) in [6.07, 6.45) is 5.09. The molecule has 3 rings (SSSR count). The van der Waals surface area contributed by atoms with Gasteiger partial charge in [0.2, 0.25) is 0 Å². The number of anilines is 1. The van der Waals surface area contributed by atoms with Gasteiger partial charge in [0.25, 0.3) is 5.91 Å². The largest absolute Gasteiger partial charge is 0.368 e. The van der Waals surface area contributed by atoms with Gasteiger partial charge in [-0.3, -0.25) is 9.36 Å². The van der Waals surface area contributed by atoms with E-state index >= 15 is 0 Å².